The van der Waals surface area contributed by atoms with Gasteiger partial charge in [0, 0.05) is 19.6 Å². The quantitative estimate of drug-likeness (QED) is 0.301. The average Bonchev–Trinajstić information content (AvgIpc) is 2.42. The highest BCUT2D eigenvalue weighted by Crippen LogP contribution is 2.09. The van der Waals surface area contributed by atoms with Gasteiger partial charge in [-0.3, -0.25) is 4.99 Å². The number of hydrogen-bond donors (Lipinski definition) is 2. The first-order valence-corrected chi connectivity index (χ1v) is 7.92. The van der Waals surface area contributed by atoms with Crippen molar-refractivity contribution in [2.45, 2.75) is 58.4 Å². The van der Waals surface area contributed by atoms with E-state index >= 15 is 0 Å². The van der Waals surface area contributed by atoms with Crippen LogP contribution in [0.1, 0.15) is 52.4 Å². The molecule has 0 aliphatic carbocycles. The number of nitrogens with one attached hydrogen (secondary N) is 2. The molecule has 0 unspecified atom stereocenters. The number of likely N-dealkylation sites (tertiary alicyclic amines) is 1. The summed E-state index contributed by atoms with van der Waals surface area (Å²) in [4.78, 5) is 6.83. The van der Waals surface area contributed by atoms with Crippen molar-refractivity contribution in [3.63, 3.8) is 0 Å². The fourth-order valence-electron chi connectivity index (χ4n) is 2.50. The number of hydrogen-bond acceptors (Lipinski definition) is 2. The monoisotopic (exact) mass is 396 g/mol. The van der Waals surface area contributed by atoms with Crippen molar-refractivity contribution < 1.29 is 0 Å². The van der Waals surface area contributed by atoms with Crippen molar-refractivity contribution in [3.05, 3.63) is 0 Å². The van der Waals surface area contributed by atoms with Gasteiger partial charge in [-0.05, 0) is 59.2 Å². The minimum absolute atomic E-state index is 0. The third kappa shape index (κ3) is 9.80. The van der Waals surface area contributed by atoms with E-state index in [9.17, 15) is 0 Å². The highest BCUT2D eigenvalue weighted by molar-refractivity contribution is 14.0. The van der Waals surface area contributed by atoms with Crippen LogP contribution >= 0.6 is 24.0 Å². The molecule has 1 saturated heterocycles. The first-order valence-electron chi connectivity index (χ1n) is 7.92. The maximum absolute atomic E-state index is 4.21. The molecular weight excluding hydrogens is 363 g/mol. The van der Waals surface area contributed by atoms with Crippen LogP contribution in [0.5, 0.6) is 0 Å². The molecule has 0 saturated carbocycles. The smallest absolute Gasteiger partial charge is 0.191 e. The van der Waals surface area contributed by atoms with E-state index < -0.39 is 0 Å². The van der Waals surface area contributed by atoms with E-state index in [2.05, 4.69) is 34.4 Å². The predicted molar refractivity (Wildman–Crippen MR) is 99.2 cm³/mol. The molecule has 5 heteroatoms. The number of guanidine groups is 1. The lowest BCUT2D eigenvalue weighted by molar-refractivity contribution is 0.224. The van der Waals surface area contributed by atoms with Crippen LogP contribution in [0.4, 0.5) is 0 Å². The molecule has 0 spiro atoms. The highest BCUT2D eigenvalue weighted by Gasteiger charge is 2.08. The molecule has 0 aromatic heterocycles. The van der Waals surface area contributed by atoms with Crippen LogP contribution in [-0.4, -0.2) is 50.1 Å². The molecule has 2 N–H and O–H groups in total. The van der Waals surface area contributed by atoms with Crippen molar-refractivity contribution in [1.29, 1.82) is 0 Å². The summed E-state index contributed by atoms with van der Waals surface area (Å²) in [5, 5.41) is 6.67. The molecule has 4 nitrogen and oxygen atoms in total. The number of aliphatic imine (C=N–C) groups is 1. The van der Waals surface area contributed by atoms with Crippen LogP contribution in [0, 0.1) is 0 Å². The van der Waals surface area contributed by atoms with Gasteiger partial charge in [0.2, 0.25) is 0 Å². The van der Waals surface area contributed by atoms with Crippen LogP contribution in [0.3, 0.4) is 0 Å². The SMILES string of the molecule is CN=C(NCCCCCN1CCCCC1)NC(C)C.I. The fraction of sp³-hybridized carbons (Fsp3) is 0.933. The number of unbranched alkanes of at least 4 members (excludes halogenated alkanes) is 2. The molecule has 0 atom stereocenters. The Balaban J connectivity index is 0.00000361. The molecule has 1 aliphatic heterocycles. The molecule has 1 heterocycles. The Kier molecular flexibility index (Phi) is 12.7. The van der Waals surface area contributed by atoms with E-state index in [4.69, 9.17) is 0 Å². The third-order valence-electron chi connectivity index (χ3n) is 3.54. The predicted octanol–water partition coefficient (Wildman–Crippen LogP) is 2.83. The summed E-state index contributed by atoms with van der Waals surface area (Å²) in [5.41, 5.74) is 0. The molecule has 0 bridgehead atoms. The van der Waals surface area contributed by atoms with E-state index in [0.717, 1.165) is 12.5 Å². The third-order valence-corrected chi connectivity index (χ3v) is 3.54. The van der Waals surface area contributed by atoms with Crippen LogP contribution in [0.25, 0.3) is 0 Å². The first kappa shape index (κ1) is 20.0. The summed E-state index contributed by atoms with van der Waals surface area (Å²) in [7, 11) is 1.83. The molecule has 0 aromatic carbocycles. The Hall–Kier alpha value is -0.0400. The summed E-state index contributed by atoms with van der Waals surface area (Å²) in [6, 6.07) is 0.435. The van der Waals surface area contributed by atoms with Gasteiger partial charge in [0.25, 0.3) is 0 Å². The lowest BCUT2D eigenvalue weighted by atomic mass is 10.1. The van der Waals surface area contributed by atoms with E-state index in [1.165, 1.54) is 58.2 Å². The van der Waals surface area contributed by atoms with Gasteiger partial charge in [0.15, 0.2) is 5.96 Å². The molecular formula is C15H33IN4. The lowest BCUT2D eigenvalue weighted by Gasteiger charge is -2.26. The van der Waals surface area contributed by atoms with Crippen LogP contribution in [0.15, 0.2) is 4.99 Å². The Morgan fingerprint density at radius 3 is 2.40 bits per heavy atom. The van der Waals surface area contributed by atoms with Gasteiger partial charge in [-0.25, -0.2) is 0 Å². The largest absolute Gasteiger partial charge is 0.356 e. The number of piperidine rings is 1. The van der Waals surface area contributed by atoms with Gasteiger partial charge >= 0.3 is 0 Å². The fourth-order valence-corrected chi connectivity index (χ4v) is 2.50. The minimum Gasteiger partial charge on any atom is -0.356 e. The first-order chi connectivity index (χ1) is 9.22. The summed E-state index contributed by atoms with van der Waals surface area (Å²) < 4.78 is 0. The van der Waals surface area contributed by atoms with Gasteiger partial charge in [0.1, 0.15) is 0 Å². The average molecular weight is 396 g/mol. The Bertz CT molecular complexity index is 250. The summed E-state index contributed by atoms with van der Waals surface area (Å²) in [6.07, 6.45) is 8.10. The molecule has 1 aliphatic rings. The van der Waals surface area contributed by atoms with Gasteiger partial charge < -0.3 is 15.5 Å². The second-order valence-corrected chi connectivity index (χ2v) is 5.76. The van der Waals surface area contributed by atoms with Gasteiger partial charge in [0.05, 0.1) is 0 Å². The number of rotatable bonds is 7. The zero-order valence-corrected chi connectivity index (χ0v) is 15.8. The summed E-state index contributed by atoms with van der Waals surface area (Å²) in [5.74, 6) is 0.922. The Labute approximate surface area is 142 Å². The van der Waals surface area contributed by atoms with E-state index in [0.29, 0.717) is 6.04 Å². The molecule has 0 aromatic rings. The minimum atomic E-state index is 0. The topological polar surface area (TPSA) is 39.7 Å². The molecule has 20 heavy (non-hydrogen) atoms. The number of nitrogens with zero attached hydrogens (tertiary/aromatic N) is 2. The van der Waals surface area contributed by atoms with Gasteiger partial charge in [-0.2, -0.15) is 0 Å². The lowest BCUT2D eigenvalue weighted by Crippen LogP contribution is -2.41. The maximum Gasteiger partial charge on any atom is 0.191 e. The Morgan fingerprint density at radius 2 is 1.80 bits per heavy atom. The Morgan fingerprint density at radius 1 is 1.10 bits per heavy atom. The van der Waals surface area contributed by atoms with Crippen molar-refractivity contribution in [2.75, 3.05) is 33.2 Å². The second-order valence-electron chi connectivity index (χ2n) is 5.76. The molecule has 1 rings (SSSR count). The van der Waals surface area contributed by atoms with Gasteiger partial charge in [-0.1, -0.05) is 12.8 Å². The molecule has 120 valence electrons. The van der Waals surface area contributed by atoms with Crippen molar-refractivity contribution >= 4 is 29.9 Å². The molecule has 0 radical (unpaired) electrons. The second kappa shape index (κ2) is 12.7. The normalized spacial score (nSPS) is 16.9. The van der Waals surface area contributed by atoms with Crippen LogP contribution in [-0.2, 0) is 0 Å². The number of halogens is 1. The van der Waals surface area contributed by atoms with E-state index in [-0.39, 0.29) is 24.0 Å². The van der Waals surface area contributed by atoms with Crippen LogP contribution in [0.2, 0.25) is 0 Å². The highest BCUT2D eigenvalue weighted by atomic mass is 127. The van der Waals surface area contributed by atoms with E-state index in [1.54, 1.807) is 0 Å². The standard InChI is InChI=1S/C15H32N4.HI/c1-14(2)18-15(16-3)17-10-6-4-7-11-19-12-8-5-9-13-19;/h14H,4-13H2,1-3H3,(H2,16,17,18);1H. The maximum atomic E-state index is 4.21. The van der Waals surface area contributed by atoms with Gasteiger partial charge in [-0.15, -0.1) is 24.0 Å². The summed E-state index contributed by atoms with van der Waals surface area (Å²) >= 11 is 0. The zero-order chi connectivity index (χ0) is 13.9. The van der Waals surface area contributed by atoms with Crippen LogP contribution < -0.4 is 10.6 Å². The van der Waals surface area contributed by atoms with E-state index in [1.807, 2.05) is 7.05 Å². The zero-order valence-electron chi connectivity index (χ0n) is 13.5. The van der Waals surface area contributed by atoms with Crippen molar-refractivity contribution in [3.8, 4) is 0 Å². The molecule has 1 fully saturated rings. The molecule has 0 amide bonds. The van der Waals surface area contributed by atoms with Crippen molar-refractivity contribution in [1.82, 2.24) is 15.5 Å². The van der Waals surface area contributed by atoms with Crippen molar-refractivity contribution in [2.24, 2.45) is 4.99 Å². The summed E-state index contributed by atoms with van der Waals surface area (Å²) in [6.45, 7) is 9.22.